The van der Waals surface area contributed by atoms with E-state index in [-0.39, 0.29) is 11.8 Å². The molecule has 0 N–H and O–H groups in total. The molecule has 144 valence electrons. The number of nitrogens with zero attached hydrogens (tertiary/aromatic N) is 5. The minimum Gasteiger partial charge on any atom is -0.342 e. The van der Waals surface area contributed by atoms with Gasteiger partial charge in [-0.2, -0.15) is 5.26 Å². The molecular formula is C21H22ClN5O. The Morgan fingerprint density at radius 3 is 2.39 bits per heavy atom. The summed E-state index contributed by atoms with van der Waals surface area (Å²) in [5.41, 5.74) is 1.71. The fourth-order valence-corrected chi connectivity index (χ4v) is 4.22. The molecule has 1 atom stereocenters. The molecule has 4 rings (SSSR count). The van der Waals surface area contributed by atoms with Crippen LogP contribution in [0.25, 0.3) is 0 Å². The molecule has 0 spiro atoms. The van der Waals surface area contributed by atoms with Crippen molar-refractivity contribution in [1.29, 1.82) is 5.26 Å². The molecule has 0 bridgehead atoms. The van der Waals surface area contributed by atoms with Gasteiger partial charge >= 0.3 is 0 Å². The van der Waals surface area contributed by atoms with Gasteiger partial charge < -0.3 is 9.80 Å². The smallest absolute Gasteiger partial charge is 0.225 e. The molecule has 7 heteroatoms. The summed E-state index contributed by atoms with van der Waals surface area (Å²) in [4.78, 5) is 25.6. The van der Waals surface area contributed by atoms with Gasteiger partial charge in [0.05, 0.1) is 18.0 Å². The second kappa shape index (κ2) is 8.15. The van der Waals surface area contributed by atoms with E-state index in [0.717, 1.165) is 50.5 Å². The molecule has 0 unspecified atom stereocenters. The van der Waals surface area contributed by atoms with Crippen LogP contribution < -0.4 is 4.90 Å². The molecule has 1 amide bonds. The lowest BCUT2D eigenvalue weighted by Gasteiger charge is -2.33. The monoisotopic (exact) mass is 395 g/mol. The van der Waals surface area contributed by atoms with Gasteiger partial charge in [-0.15, -0.1) is 0 Å². The first-order valence-corrected chi connectivity index (χ1v) is 10.0. The van der Waals surface area contributed by atoms with Crippen LogP contribution in [-0.2, 0) is 4.79 Å². The second-order valence-electron chi connectivity index (χ2n) is 7.47. The lowest BCUT2D eigenvalue weighted by atomic mass is 9.95. The first-order chi connectivity index (χ1) is 13.6. The fourth-order valence-electron chi connectivity index (χ4n) is 4.09. The quantitative estimate of drug-likeness (QED) is 0.797. The van der Waals surface area contributed by atoms with Crippen molar-refractivity contribution in [3.8, 4) is 6.07 Å². The number of hydrogen-bond acceptors (Lipinski definition) is 5. The van der Waals surface area contributed by atoms with Gasteiger partial charge in [0.2, 0.25) is 11.9 Å². The van der Waals surface area contributed by atoms with Crippen molar-refractivity contribution in [2.45, 2.75) is 25.2 Å². The standard InChI is InChI=1S/C21H22ClN5O/c22-19-3-1-16(2-4-19)18-7-10-27(14-18)20(28)17-5-8-26(9-6-17)21-24-12-15(11-23)13-25-21/h1-4,12-13,17-18H,5-10,14H2/t18-/m0/s1. The SMILES string of the molecule is N#Cc1cnc(N2CCC(C(=O)N3CC[C@H](c4ccc(Cl)cc4)C3)CC2)nc1. The van der Waals surface area contributed by atoms with Crippen molar-refractivity contribution in [3.63, 3.8) is 0 Å². The van der Waals surface area contributed by atoms with Crippen molar-refractivity contribution in [1.82, 2.24) is 14.9 Å². The number of hydrogen-bond donors (Lipinski definition) is 0. The zero-order valence-corrected chi connectivity index (χ0v) is 16.3. The first-order valence-electron chi connectivity index (χ1n) is 9.65. The molecule has 0 aliphatic carbocycles. The average Bonchev–Trinajstić information content (AvgIpc) is 3.24. The van der Waals surface area contributed by atoms with E-state index in [1.165, 1.54) is 5.56 Å². The molecule has 28 heavy (non-hydrogen) atoms. The van der Waals surface area contributed by atoms with Crippen LogP contribution in [0.3, 0.4) is 0 Å². The fraction of sp³-hybridized carbons (Fsp3) is 0.429. The zero-order chi connectivity index (χ0) is 19.5. The number of carbonyl (C=O) groups is 1. The van der Waals surface area contributed by atoms with Gasteiger partial charge in [-0.25, -0.2) is 9.97 Å². The Morgan fingerprint density at radius 1 is 1.07 bits per heavy atom. The van der Waals surface area contributed by atoms with E-state index in [9.17, 15) is 4.79 Å². The van der Waals surface area contributed by atoms with Gasteiger partial charge in [0.15, 0.2) is 0 Å². The number of amides is 1. The third-order valence-corrected chi connectivity index (χ3v) is 5.99. The minimum absolute atomic E-state index is 0.0681. The number of benzene rings is 1. The summed E-state index contributed by atoms with van der Waals surface area (Å²) in [5, 5.41) is 9.59. The normalized spacial score (nSPS) is 20.2. The molecule has 1 aromatic heterocycles. The molecule has 0 radical (unpaired) electrons. The number of likely N-dealkylation sites (tertiary alicyclic amines) is 1. The predicted octanol–water partition coefficient (Wildman–Crippen LogP) is 3.23. The third-order valence-electron chi connectivity index (χ3n) is 5.74. The summed E-state index contributed by atoms with van der Waals surface area (Å²) < 4.78 is 0. The molecular weight excluding hydrogens is 374 g/mol. The molecule has 0 saturated carbocycles. The zero-order valence-electron chi connectivity index (χ0n) is 15.6. The van der Waals surface area contributed by atoms with E-state index in [2.05, 4.69) is 27.0 Å². The maximum Gasteiger partial charge on any atom is 0.225 e. The maximum atomic E-state index is 13.0. The van der Waals surface area contributed by atoms with E-state index >= 15 is 0 Å². The van der Waals surface area contributed by atoms with E-state index < -0.39 is 0 Å². The van der Waals surface area contributed by atoms with Crippen molar-refractivity contribution < 1.29 is 4.79 Å². The highest BCUT2D eigenvalue weighted by Crippen LogP contribution is 2.31. The summed E-state index contributed by atoms with van der Waals surface area (Å²) in [6.07, 6.45) is 5.71. The van der Waals surface area contributed by atoms with Crippen LogP contribution in [-0.4, -0.2) is 47.0 Å². The first kappa shape index (κ1) is 18.7. The number of nitriles is 1. The van der Waals surface area contributed by atoms with Crippen molar-refractivity contribution in [3.05, 3.63) is 52.8 Å². The number of halogens is 1. The van der Waals surface area contributed by atoms with E-state index in [1.54, 1.807) is 12.4 Å². The molecule has 2 aliphatic rings. The average molecular weight is 396 g/mol. The maximum absolute atomic E-state index is 13.0. The third kappa shape index (κ3) is 3.95. The predicted molar refractivity (Wildman–Crippen MR) is 107 cm³/mol. The molecule has 6 nitrogen and oxygen atoms in total. The summed E-state index contributed by atoms with van der Waals surface area (Å²) in [5.74, 6) is 1.37. The summed E-state index contributed by atoms with van der Waals surface area (Å²) >= 11 is 5.98. The summed E-state index contributed by atoms with van der Waals surface area (Å²) in [6, 6.07) is 10.00. The highest BCUT2D eigenvalue weighted by molar-refractivity contribution is 6.30. The van der Waals surface area contributed by atoms with Crippen molar-refractivity contribution in [2.24, 2.45) is 5.92 Å². The van der Waals surface area contributed by atoms with Gasteiger partial charge in [-0.3, -0.25) is 4.79 Å². The van der Waals surface area contributed by atoms with Crippen LogP contribution in [0.2, 0.25) is 5.02 Å². The molecule has 2 saturated heterocycles. The van der Waals surface area contributed by atoms with Crippen molar-refractivity contribution in [2.75, 3.05) is 31.1 Å². The number of aromatic nitrogens is 2. The van der Waals surface area contributed by atoms with Crippen LogP contribution in [0.15, 0.2) is 36.7 Å². The van der Waals surface area contributed by atoms with Gasteiger partial charge in [0.25, 0.3) is 0 Å². The van der Waals surface area contributed by atoms with E-state index in [4.69, 9.17) is 16.9 Å². The van der Waals surface area contributed by atoms with Crippen molar-refractivity contribution >= 4 is 23.5 Å². The van der Waals surface area contributed by atoms with Gasteiger partial charge in [-0.1, -0.05) is 23.7 Å². The van der Waals surface area contributed by atoms with E-state index in [0.29, 0.717) is 17.4 Å². The molecule has 3 heterocycles. The topological polar surface area (TPSA) is 73.1 Å². The van der Waals surface area contributed by atoms with Gasteiger partial charge in [0.1, 0.15) is 6.07 Å². The Labute approximate surface area is 169 Å². The lowest BCUT2D eigenvalue weighted by Crippen LogP contribution is -2.42. The van der Waals surface area contributed by atoms with E-state index in [1.807, 2.05) is 23.1 Å². The van der Waals surface area contributed by atoms with Crippen LogP contribution >= 0.6 is 11.6 Å². The Hall–Kier alpha value is -2.65. The lowest BCUT2D eigenvalue weighted by molar-refractivity contribution is -0.135. The molecule has 2 aliphatic heterocycles. The van der Waals surface area contributed by atoms with Crippen LogP contribution in [0.1, 0.15) is 36.3 Å². The highest BCUT2D eigenvalue weighted by Gasteiger charge is 2.33. The second-order valence-corrected chi connectivity index (χ2v) is 7.90. The summed E-state index contributed by atoms with van der Waals surface area (Å²) in [7, 11) is 0. The van der Waals surface area contributed by atoms with Gasteiger partial charge in [0, 0.05) is 43.0 Å². The van der Waals surface area contributed by atoms with Gasteiger partial charge in [-0.05, 0) is 37.0 Å². The number of carbonyl (C=O) groups excluding carboxylic acids is 1. The van der Waals surface area contributed by atoms with Crippen LogP contribution in [0.5, 0.6) is 0 Å². The number of anilines is 1. The Bertz CT molecular complexity index is 869. The number of rotatable bonds is 3. The Morgan fingerprint density at radius 2 is 1.75 bits per heavy atom. The van der Waals surface area contributed by atoms with Crippen LogP contribution in [0.4, 0.5) is 5.95 Å². The highest BCUT2D eigenvalue weighted by atomic mass is 35.5. The molecule has 1 aromatic carbocycles. The minimum atomic E-state index is 0.0681. The molecule has 2 fully saturated rings. The Balaban J connectivity index is 1.31. The number of piperidine rings is 1. The Kier molecular flexibility index (Phi) is 5.45. The largest absolute Gasteiger partial charge is 0.342 e. The summed E-state index contributed by atoms with van der Waals surface area (Å²) in [6.45, 7) is 3.14. The van der Waals surface area contributed by atoms with Crippen LogP contribution in [0, 0.1) is 17.2 Å². The molecule has 2 aromatic rings.